The molecular weight excluding hydrogens is 234 g/mol. The Hall–Kier alpha value is -1.88. The summed E-state index contributed by atoms with van der Waals surface area (Å²) in [4.78, 5) is 21.6. The molecule has 0 saturated heterocycles. The maximum atomic E-state index is 11.0. The van der Waals surface area contributed by atoms with Crippen LogP contribution >= 0.6 is 0 Å². The van der Waals surface area contributed by atoms with Crippen LogP contribution in [-0.4, -0.2) is 28.7 Å². The molecule has 1 aromatic rings. The molecule has 0 fully saturated rings. The van der Waals surface area contributed by atoms with Crippen molar-refractivity contribution in [2.24, 2.45) is 0 Å². The number of fused-ring (bicyclic) bond motifs is 1. The lowest BCUT2D eigenvalue weighted by molar-refractivity contribution is -0.136. The normalized spacial score (nSPS) is 17.5. The Morgan fingerprint density at radius 3 is 2.72 bits per heavy atom. The summed E-state index contributed by atoms with van der Waals surface area (Å²) in [7, 11) is 0. The van der Waals surface area contributed by atoms with E-state index in [1.54, 1.807) is 12.1 Å². The molecule has 5 nitrogen and oxygen atoms in total. The van der Waals surface area contributed by atoms with E-state index in [0.29, 0.717) is 5.56 Å². The Bertz CT molecular complexity index is 510. The van der Waals surface area contributed by atoms with Crippen LogP contribution in [0.25, 0.3) is 0 Å². The maximum Gasteiger partial charge on any atom is 0.335 e. The van der Waals surface area contributed by atoms with Crippen LogP contribution in [0.2, 0.25) is 0 Å². The molecule has 0 spiro atoms. The summed E-state index contributed by atoms with van der Waals surface area (Å²) in [5, 5.41) is 20.7. The minimum absolute atomic E-state index is 0.0117. The van der Waals surface area contributed by atoms with Crippen molar-refractivity contribution in [1.82, 2.24) is 5.32 Å². The summed E-state index contributed by atoms with van der Waals surface area (Å²) in [6, 6.07) is 3.40. The zero-order valence-electron chi connectivity index (χ0n) is 10.1. The molecule has 0 aliphatic heterocycles. The Labute approximate surface area is 104 Å². The molecule has 0 amide bonds. The topological polar surface area (TPSA) is 86.6 Å². The van der Waals surface area contributed by atoms with Gasteiger partial charge in [-0.15, -0.1) is 0 Å². The van der Waals surface area contributed by atoms with E-state index in [0.717, 1.165) is 29.5 Å². The summed E-state index contributed by atoms with van der Waals surface area (Å²) in [6.07, 6.45) is 1.60. The fraction of sp³-hybridized carbons (Fsp3) is 0.385. The Balaban J connectivity index is 2.27. The van der Waals surface area contributed by atoms with Crippen LogP contribution in [0.5, 0.6) is 0 Å². The molecule has 18 heavy (non-hydrogen) atoms. The van der Waals surface area contributed by atoms with Gasteiger partial charge in [-0.2, -0.15) is 0 Å². The first kappa shape index (κ1) is 12.6. The first-order valence-corrected chi connectivity index (χ1v) is 5.81. The van der Waals surface area contributed by atoms with Crippen molar-refractivity contribution in [3.05, 3.63) is 34.4 Å². The highest BCUT2D eigenvalue weighted by Gasteiger charge is 2.26. The largest absolute Gasteiger partial charge is 0.480 e. The number of hydrogen-bond acceptors (Lipinski definition) is 3. The molecule has 0 heterocycles. The smallest absolute Gasteiger partial charge is 0.335 e. The molecule has 1 aromatic carbocycles. The van der Waals surface area contributed by atoms with Gasteiger partial charge in [-0.3, -0.25) is 4.79 Å². The molecule has 0 unspecified atom stereocenters. The first-order valence-electron chi connectivity index (χ1n) is 5.81. The fourth-order valence-electron chi connectivity index (χ4n) is 2.53. The van der Waals surface area contributed by atoms with Crippen molar-refractivity contribution in [2.45, 2.75) is 25.8 Å². The molecule has 0 radical (unpaired) electrons. The lowest BCUT2D eigenvalue weighted by Crippen LogP contribution is -2.26. The van der Waals surface area contributed by atoms with E-state index < -0.39 is 11.9 Å². The second-order valence-corrected chi connectivity index (χ2v) is 4.48. The van der Waals surface area contributed by atoms with Crippen LogP contribution in [-0.2, 0) is 11.2 Å². The van der Waals surface area contributed by atoms with E-state index in [9.17, 15) is 9.59 Å². The van der Waals surface area contributed by atoms with Crippen molar-refractivity contribution in [3.63, 3.8) is 0 Å². The molecule has 3 N–H and O–H groups in total. The average molecular weight is 249 g/mol. The van der Waals surface area contributed by atoms with Crippen molar-refractivity contribution in [3.8, 4) is 0 Å². The fourth-order valence-corrected chi connectivity index (χ4v) is 2.53. The number of aliphatic carboxylic acids is 1. The van der Waals surface area contributed by atoms with Crippen LogP contribution in [0.15, 0.2) is 12.1 Å². The lowest BCUT2D eigenvalue weighted by atomic mass is 9.98. The van der Waals surface area contributed by atoms with Crippen LogP contribution in [0.4, 0.5) is 0 Å². The summed E-state index contributed by atoms with van der Waals surface area (Å²) in [5.74, 6) is -1.81. The van der Waals surface area contributed by atoms with Gasteiger partial charge in [0, 0.05) is 6.04 Å². The van der Waals surface area contributed by atoms with E-state index in [1.165, 1.54) is 0 Å². The van der Waals surface area contributed by atoms with E-state index in [4.69, 9.17) is 10.2 Å². The first-order chi connectivity index (χ1) is 8.50. The van der Waals surface area contributed by atoms with E-state index in [1.807, 2.05) is 6.92 Å². The van der Waals surface area contributed by atoms with Gasteiger partial charge in [0.25, 0.3) is 0 Å². The third-order valence-corrected chi connectivity index (χ3v) is 3.42. The number of aromatic carboxylic acids is 1. The van der Waals surface area contributed by atoms with E-state index >= 15 is 0 Å². The van der Waals surface area contributed by atoms with Gasteiger partial charge < -0.3 is 15.5 Å². The zero-order chi connectivity index (χ0) is 13.3. The predicted octanol–water partition coefficient (Wildman–Crippen LogP) is 1.35. The number of nitrogens with one attached hydrogen (secondary N) is 1. The molecule has 96 valence electrons. The number of carboxylic acid groups (broad SMARTS) is 2. The van der Waals surface area contributed by atoms with Crippen LogP contribution in [0, 0.1) is 6.92 Å². The van der Waals surface area contributed by atoms with Crippen LogP contribution in [0.1, 0.15) is 39.5 Å². The summed E-state index contributed by atoms with van der Waals surface area (Å²) in [5.41, 5.74) is 3.18. The summed E-state index contributed by atoms with van der Waals surface area (Å²) >= 11 is 0. The number of rotatable bonds is 4. The minimum atomic E-state index is -0.919. The van der Waals surface area contributed by atoms with Gasteiger partial charge in [0.15, 0.2) is 0 Å². The quantitative estimate of drug-likeness (QED) is 0.750. The van der Waals surface area contributed by atoms with Gasteiger partial charge >= 0.3 is 11.9 Å². The molecule has 5 heteroatoms. The van der Waals surface area contributed by atoms with Crippen molar-refractivity contribution in [2.75, 3.05) is 6.54 Å². The molecule has 0 saturated carbocycles. The molecule has 1 atom stereocenters. The second-order valence-electron chi connectivity index (χ2n) is 4.48. The minimum Gasteiger partial charge on any atom is -0.480 e. The van der Waals surface area contributed by atoms with Crippen molar-refractivity contribution in [1.29, 1.82) is 0 Å². The average Bonchev–Trinajstić information content (AvgIpc) is 2.70. The van der Waals surface area contributed by atoms with Crippen LogP contribution in [0.3, 0.4) is 0 Å². The molecule has 0 aromatic heterocycles. The van der Waals surface area contributed by atoms with Gasteiger partial charge in [0.1, 0.15) is 0 Å². The van der Waals surface area contributed by atoms with E-state index in [2.05, 4.69) is 5.32 Å². The molecule has 0 bridgehead atoms. The Kier molecular flexibility index (Phi) is 3.34. The highest BCUT2D eigenvalue weighted by atomic mass is 16.4. The van der Waals surface area contributed by atoms with E-state index in [-0.39, 0.29) is 12.6 Å². The third kappa shape index (κ3) is 2.22. The SMILES string of the molecule is Cc1c(C(=O)O)ccc2c1CC[C@@H]2NCC(=O)O. The molecular formula is C13H15NO4. The van der Waals surface area contributed by atoms with Crippen molar-refractivity contribution < 1.29 is 19.8 Å². The second kappa shape index (κ2) is 4.78. The highest BCUT2D eigenvalue weighted by molar-refractivity contribution is 5.90. The lowest BCUT2D eigenvalue weighted by Gasteiger charge is -2.13. The number of hydrogen-bond donors (Lipinski definition) is 3. The van der Waals surface area contributed by atoms with Gasteiger partial charge in [-0.25, -0.2) is 4.79 Å². The molecule has 1 aliphatic carbocycles. The number of benzene rings is 1. The standard InChI is InChI=1S/C13H15NO4/c1-7-8-4-5-11(14-6-12(15)16)10(8)3-2-9(7)13(17)18/h2-3,11,14H,4-6H2,1H3,(H,15,16)(H,17,18)/t11-/m0/s1. The maximum absolute atomic E-state index is 11.0. The van der Waals surface area contributed by atoms with Crippen molar-refractivity contribution >= 4 is 11.9 Å². The van der Waals surface area contributed by atoms with Gasteiger partial charge in [-0.05, 0) is 42.5 Å². The number of carbonyl (C=O) groups is 2. The van der Waals surface area contributed by atoms with Crippen LogP contribution < -0.4 is 5.32 Å². The molecule has 1 aliphatic rings. The van der Waals surface area contributed by atoms with Gasteiger partial charge in [0.2, 0.25) is 0 Å². The predicted molar refractivity (Wildman–Crippen MR) is 64.8 cm³/mol. The third-order valence-electron chi connectivity index (χ3n) is 3.42. The molecule has 2 rings (SSSR count). The Morgan fingerprint density at radius 1 is 1.39 bits per heavy atom. The van der Waals surface area contributed by atoms with Gasteiger partial charge in [-0.1, -0.05) is 6.07 Å². The monoisotopic (exact) mass is 249 g/mol. The number of carboxylic acids is 2. The summed E-state index contributed by atoms with van der Waals surface area (Å²) in [6.45, 7) is 1.73. The Morgan fingerprint density at radius 2 is 2.11 bits per heavy atom. The summed E-state index contributed by atoms with van der Waals surface area (Å²) < 4.78 is 0. The zero-order valence-corrected chi connectivity index (χ0v) is 10.1. The highest BCUT2D eigenvalue weighted by Crippen LogP contribution is 2.34. The van der Waals surface area contributed by atoms with Gasteiger partial charge in [0.05, 0.1) is 12.1 Å².